The molecule has 2 aromatic heterocycles. The molecule has 2 heterocycles. The monoisotopic (exact) mass is 325 g/mol. The molecule has 0 fully saturated rings. The fourth-order valence-corrected chi connectivity index (χ4v) is 2.81. The second kappa shape index (κ2) is 7.55. The van der Waals surface area contributed by atoms with E-state index in [0.717, 1.165) is 27.7 Å². The maximum Gasteiger partial charge on any atom is 0.245 e. The molecular formula is C16H15N5OS. The van der Waals surface area contributed by atoms with Gasteiger partial charge in [-0.15, -0.1) is 11.8 Å². The van der Waals surface area contributed by atoms with Crippen LogP contribution in [0.1, 0.15) is 11.1 Å². The number of aromatic nitrogens is 4. The normalized spacial score (nSPS) is 11.0. The van der Waals surface area contributed by atoms with Crippen LogP contribution in [0.4, 0.5) is 5.95 Å². The lowest BCUT2D eigenvalue weighted by Crippen LogP contribution is -1.93. The van der Waals surface area contributed by atoms with Gasteiger partial charge in [0.2, 0.25) is 5.95 Å². The van der Waals surface area contributed by atoms with Crippen LogP contribution in [0.2, 0.25) is 0 Å². The summed E-state index contributed by atoms with van der Waals surface area (Å²) in [5, 5.41) is 7.44. The van der Waals surface area contributed by atoms with Crippen LogP contribution in [0, 0.1) is 0 Å². The number of thioether (sulfide) groups is 1. The summed E-state index contributed by atoms with van der Waals surface area (Å²) in [6, 6.07) is 11.8. The first kappa shape index (κ1) is 15.2. The minimum absolute atomic E-state index is 0.477. The molecule has 7 heteroatoms. The second-order valence-electron chi connectivity index (χ2n) is 4.60. The first-order valence-corrected chi connectivity index (χ1v) is 7.94. The van der Waals surface area contributed by atoms with Gasteiger partial charge in [-0.3, -0.25) is 0 Å². The van der Waals surface area contributed by atoms with E-state index >= 15 is 0 Å². The molecule has 0 saturated carbocycles. The molecule has 1 N–H and O–H groups in total. The number of hydrogen-bond acceptors (Lipinski definition) is 6. The van der Waals surface area contributed by atoms with E-state index in [1.54, 1.807) is 31.3 Å². The zero-order valence-electron chi connectivity index (χ0n) is 12.5. The summed E-state index contributed by atoms with van der Waals surface area (Å²) in [7, 11) is 1.67. The van der Waals surface area contributed by atoms with Crippen LogP contribution in [-0.2, 0) is 5.75 Å². The van der Waals surface area contributed by atoms with Gasteiger partial charge < -0.3 is 4.74 Å². The average Bonchev–Trinajstić information content (AvgIpc) is 3.12. The van der Waals surface area contributed by atoms with E-state index in [1.807, 2.05) is 30.3 Å². The number of hydrogen-bond donors (Lipinski definition) is 1. The highest BCUT2D eigenvalue weighted by Gasteiger charge is 2.05. The molecule has 23 heavy (non-hydrogen) atoms. The predicted molar refractivity (Wildman–Crippen MR) is 90.4 cm³/mol. The summed E-state index contributed by atoms with van der Waals surface area (Å²) < 4.78 is 5.43. The third-order valence-electron chi connectivity index (χ3n) is 3.06. The molecule has 1 aromatic carbocycles. The Balaban J connectivity index is 1.76. The van der Waals surface area contributed by atoms with E-state index in [0.29, 0.717) is 5.95 Å². The lowest BCUT2D eigenvalue weighted by Gasteiger charge is -2.09. The van der Waals surface area contributed by atoms with Crippen molar-refractivity contribution in [3.63, 3.8) is 0 Å². The Morgan fingerprint density at radius 3 is 2.96 bits per heavy atom. The van der Waals surface area contributed by atoms with Gasteiger partial charge >= 0.3 is 0 Å². The number of benzene rings is 1. The van der Waals surface area contributed by atoms with E-state index < -0.39 is 0 Å². The number of rotatable bonds is 6. The van der Waals surface area contributed by atoms with Crippen molar-refractivity contribution in [3.05, 3.63) is 60.0 Å². The molecule has 0 spiro atoms. The van der Waals surface area contributed by atoms with Crippen molar-refractivity contribution in [2.24, 2.45) is 4.99 Å². The highest BCUT2D eigenvalue weighted by Crippen LogP contribution is 2.27. The molecule has 116 valence electrons. The van der Waals surface area contributed by atoms with Gasteiger partial charge in [0.15, 0.2) is 0 Å². The Morgan fingerprint density at radius 2 is 2.22 bits per heavy atom. The smallest absolute Gasteiger partial charge is 0.245 e. The van der Waals surface area contributed by atoms with Crippen LogP contribution >= 0.6 is 11.8 Å². The molecule has 0 aliphatic heterocycles. The molecule has 0 bridgehead atoms. The maximum atomic E-state index is 5.43. The lowest BCUT2D eigenvalue weighted by atomic mass is 10.1. The summed E-state index contributed by atoms with van der Waals surface area (Å²) in [6.45, 7) is 0. The summed E-state index contributed by atoms with van der Waals surface area (Å²) in [6.07, 6.45) is 4.96. The number of nitrogens with one attached hydrogen (secondary N) is 1. The molecule has 0 aliphatic rings. The topological polar surface area (TPSA) is 76.1 Å². The van der Waals surface area contributed by atoms with Gasteiger partial charge in [-0.05, 0) is 35.9 Å². The van der Waals surface area contributed by atoms with Crippen molar-refractivity contribution < 1.29 is 4.74 Å². The van der Waals surface area contributed by atoms with Crippen molar-refractivity contribution in [1.82, 2.24) is 20.2 Å². The molecule has 0 unspecified atom stereocenters. The van der Waals surface area contributed by atoms with Crippen molar-refractivity contribution in [1.29, 1.82) is 0 Å². The third-order valence-corrected chi connectivity index (χ3v) is 4.05. The highest BCUT2D eigenvalue weighted by atomic mass is 32.2. The Morgan fingerprint density at radius 1 is 1.26 bits per heavy atom. The standard InChI is InChI=1S/C16H15N5OS/c1-22-14-6-5-12(9-18-16-19-11-20-21-16)8-13(14)10-23-15-4-2-3-7-17-15/h2-9,11H,10H2,1H3,(H,19,20,21)/b18-9+. The quantitative estimate of drug-likeness (QED) is 0.556. The predicted octanol–water partition coefficient (Wildman–Crippen LogP) is 3.25. The summed E-state index contributed by atoms with van der Waals surface area (Å²) in [4.78, 5) is 12.5. The number of aromatic amines is 1. The number of methoxy groups -OCH3 is 1. The number of nitrogens with zero attached hydrogens (tertiary/aromatic N) is 4. The van der Waals surface area contributed by atoms with E-state index in [2.05, 4.69) is 31.2 Å². The van der Waals surface area contributed by atoms with Gasteiger partial charge in [0, 0.05) is 23.7 Å². The molecule has 0 saturated heterocycles. The average molecular weight is 325 g/mol. The summed E-state index contributed by atoms with van der Waals surface area (Å²) >= 11 is 1.66. The Kier molecular flexibility index (Phi) is 5.00. The highest BCUT2D eigenvalue weighted by molar-refractivity contribution is 7.98. The van der Waals surface area contributed by atoms with Crippen molar-refractivity contribution in [3.8, 4) is 5.75 Å². The van der Waals surface area contributed by atoms with Gasteiger partial charge in [0.05, 0.1) is 12.1 Å². The van der Waals surface area contributed by atoms with Crippen molar-refractivity contribution in [2.45, 2.75) is 10.8 Å². The minimum atomic E-state index is 0.477. The zero-order chi connectivity index (χ0) is 15.9. The fraction of sp³-hybridized carbons (Fsp3) is 0.125. The van der Waals surface area contributed by atoms with Crippen molar-refractivity contribution >= 4 is 23.9 Å². The van der Waals surface area contributed by atoms with Gasteiger partial charge in [-0.2, -0.15) is 10.1 Å². The molecule has 6 nitrogen and oxygen atoms in total. The molecule has 3 rings (SSSR count). The fourth-order valence-electron chi connectivity index (χ4n) is 1.97. The van der Waals surface area contributed by atoms with Gasteiger partial charge in [-0.1, -0.05) is 6.07 Å². The van der Waals surface area contributed by atoms with Crippen molar-refractivity contribution in [2.75, 3.05) is 7.11 Å². The summed E-state index contributed by atoms with van der Waals surface area (Å²) in [5.74, 6) is 2.10. The van der Waals surface area contributed by atoms with Crippen LogP contribution in [0.5, 0.6) is 5.75 Å². The number of H-pyrrole nitrogens is 1. The Labute approximate surface area is 138 Å². The van der Waals surface area contributed by atoms with Gasteiger partial charge in [0.25, 0.3) is 0 Å². The van der Waals surface area contributed by atoms with Crippen LogP contribution in [0.15, 0.2) is 58.9 Å². The molecule has 0 amide bonds. The van der Waals surface area contributed by atoms with E-state index in [-0.39, 0.29) is 0 Å². The summed E-state index contributed by atoms with van der Waals surface area (Å²) in [5.41, 5.74) is 2.06. The third kappa shape index (κ3) is 4.17. The first-order chi connectivity index (χ1) is 11.3. The van der Waals surface area contributed by atoms with Crippen LogP contribution < -0.4 is 4.74 Å². The largest absolute Gasteiger partial charge is 0.496 e. The maximum absolute atomic E-state index is 5.43. The van der Waals surface area contributed by atoms with E-state index in [1.165, 1.54) is 6.33 Å². The Bertz CT molecular complexity index is 774. The number of pyridine rings is 1. The van der Waals surface area contributed by atoms with Crippen LogP contribution in [0.25, 0.3) is 0 Å². The Hall–Kier alpha value is -2.67. The molecular weight excluding hydrogens is 310 g/mol. The molecule has 3 aromatic rings. The number of ether oxygens (including phenoxy) is 1. The SMILES string of the molecule is COc1ccc(/C=N/c2ncn[nH]2)cc1CSc1ccccn1. The van der Waals surface area contributed by atoms with E-state index in [9.17, 15) is 0 Å². The lowest BCUT2D eigenvalue weighted by molar-refractivity contribution is 0.411. The van der Waals surface area contributed by atoms with E-state index in [4.69, 9.17) is 4.74 Å². The van der Waals surface area contributed by atoms with Gasteiger partial charge in [-0.25, -0.2) is 15.1 Å². The first-order valence-electron chi connectivity index (χ1n) is 6.95. The number of aliphatic imine (C=N–C) groups is 1. The zero-order valence-corrected chi connectivity index (χ0v) is 13.3. The molecule has 0 atom stereocenters. The molecule has 0 radical (unpaired) electrons. The van der Waals surface area contributed by atoms with Crippen LogP contribution in [0.3, 0.4) is 0 Å². The van der Waals surface area contributed by atoms with Crippen LogP contribution in [-0.4, -0.2) is 33.5 Å². The van der Waals surface area contributed by atoms with Gasteiger partial charge in [0.1, 0.15) is 12.1 Å². The minimum Gasteiger partial charge on any atom is -0.496 e. The molecule has 0 aliphatic carbocycles. The second-order valence-corrected chi connectivity index (χ2v) is 5.59.